The van der Waals surface area contributed by atoms with Gasteiger partial charge in [-0.15, -0.1) is 12.1 Å². The normalized spacial score (nSPS) is 14.1. The smallest absolute Gasteiger partial charge is 0 e. The summed E-state index contributed by atoms with van der Waals surface area (Å²) in [5.74, 6) is 7.48. The van der Waals surface area contributed by atoms with E-state index in [9.17, 15) is 0 Å². The largest absolute Gasteiger partial charge is 0 e. The van der Waals surface area contributed by atoms with Crippen LogP contribution in [-0.4, -0.2) is 23.2 Å². The van der Waals surface area contributed by atoms with Gasteiger partial charge in [0.05, 0.1) is 5.58 Å². The Morgan fingerprint density at radius 3 is 2.15 bits per heavy atom. The van der Waals surface area contributed by atoms with E-state index in [-0.39, 0.29) is 31.4 Å². The van der Waals surface area contributed by atoms with Gasteiger partial charge in [0, 0.05) is 31.7 Å². The van der Waals surface area contributed by atoms with Crippen molar-refractivity contribution in [2.45, 2.75) is 82.4 Å². The Bertz CT molecular complexity index is 2770. The maximum Gasteiger partial charge on any atom is 0 e. The molecule has 0 unspecified atom stereocenters. The molecule has 3 nitrogen and oxygen atoms in total. The van der Waals surface area contributed by atoms with Crippen molar-refractivity contribution in [1.29, 1.82) is 0 Å². The number of furan rings is 1. The Hall–Kier alpha value is -4.61. The van der Waals surface area contributed by atoms with Gasteiger partial charge in [-0.25, -0.2) is 0 Å². The summed E-state index contributed by atoms with van der Waals surface area (Å²) in [6.07, 6.45) is 7.81. The van der Waals surface area contributed by atoms with E-state index in [0.717, 1.165) is 71.1 Å². The number of hydrogen-bond donors (Lipinski definition) is 0. The average molecular weight is 1030 g/mol. The molecule has 1 saturated carbocycles. The van der Waals surface area contributed by atoms with Gasteiger partial charge in [-0.1, -0.05) is 122 Å². The fraction of sp³-hybridized carbons (Fsp3) is 0.273. The van der Waals surface area contributed by atoms with Gasteiger partial charge in [0.1, 0.15) is 5.58 Å². The second-order valence-corrected chi connectivity index (χ2v) is 28.5. The first kappa shape index (κ1) is 40.8. The van der Waals surface area contributed by atoms with Crippen molar-refractivity contribution >= 4 is 39.6 Å². The fourth-order valence-electron chi connectivity index (χ4n) is 8.70. The summed E-state index contributed by atoms with van der Waals surface area (Å²) in [7, 11) is 0. The molecule has 0 atom stereocenters. The predicted molar refractivity (Wildman–Crippen MR) is 252 cm³/mol. The third kappa shape index (κ3) is 9.32. The summed E-state index contributed by atoms with van der Waals surface area (Å²) < 4.78 is 25.0. The van der Waals surface area contributed by atoms with E-state index in [4.69, 9.17) is 12.1 Å². The van der Waals surface area contributed by atoms with Crippen LogP contribution in [0.3, 0.4) is 0 Å². The fourth-order valence-corrected chi connectivity index (χ4v) is 11.6. The molecule has 5 aromatic carbocycles. The monoisotopic (exact) mass is 1030 g/mol. The second-order valence-electron chi connectivity index (χ2n) is 17.9. The van der Waals surface area contributed by atoms with Crippen LogP contribution < -0.4 is 4.40 Å². The second kappa shape index (κ2) is 18.6. The van der Waals surface area contributed by atoms with E-state index in [1.807, 2.05) is 62.6 Å². The zero-order valence-corrected chi connectivity index (χ0v) is 40.4. The molecule has 1 fully saturated rings. The number of pyridine rings is 2. The number of nitrogens with zero attached hydrogens (tertiary/aromatic N) is 2. The Kier molecular flexibility index (Phi) is 12.6. The zero-order valence-electron chi connectivity index (χ0n) is 37.9. The molecule has 0 amide bonds. The molecule has 0 N–H and O–H groups in total. The standard InChI is InChI=1S/C37H32NO.C18H24GeN.Ir/c1-37(2,28-15-9-10-16-28)29-21-22-38-33(24-29)31-20-19-30(26-13-7-4-8-14-26)35-32-18-17-27(23-34(32)39-36(31)35)25-11-5-3-6-12-25;1-14(2)11-16-12-18(15-9-7-6-8-10-15)20-13-17(16)19(3,4)5;/h3-8,11-14,17-19,21-24,28H,9-10,15-16H2,1-2H3;6-9,12-14H,11H2,1-5H3;/q2*-1;/i;11D2;. The van der Waals surface area contributed by atoms with Gasteiger partial charge >= 0.3 is 128 Å². The van der Waals surface area contributed by atoms with E-state index < -0.39 is 19.6 Å². The van der Waals surface area contributed by atoms with E-state index in [1.165, 1.54) is 36.8 Å². The Balaban J connectivity index is 0.000000215. The number of fused-ring (bicyclic) bond motifs is 3. The predicted octanol–water partition coefficient (Wildman–Crippen LogP) is 14.5. The van der Waals surface area contributed by atoms with Crippen LogP contribution in [-0.2, 0) is 31.9 Å². The summed E-state index contributed by atoms with van der Waals surface area (Å²) in [6, 6.07) is 50.6. The number of benzene rings is 5. The van der Waals surface area contributed by atoms with Gasteiger partial charge in [0.15, 0.2) is 0 Å². The molecule has 9 rings (SSSR count). The van der Waals surface area contributed by atoms with Crippen molar-refractivity contribution in [2.75, 3.05) is 0 Å². The van der Waals surface area contributed by atoms with Gasteiger partial charge in [-0.05, 0) is 64.1 Å². The van der Waals surface area contributed by atoms with E-state index in [0.29, 0.717) is 5.92 Å². The molecule has 8 aromatic rings. The molecule has 60 heavy (non-hydrogen) atoms. The third-order valence-electron chi connectivity index (χ3n) is 12.0. The summed E-state index contributed by atoms with van der Waals surface area (Å²) in [5.41, 5.74) is 12.2. The molecule has 0 bridgehead atoms. The molecule has 1 aliphatic rings. The first-order valence-corrected chi connectivity index (χ1v) is 28.5. The van der Waals surface area contributed by atoms with E-state index >= 15 is 0 Å². The third-order valence-corrected chi connectivity index (χ3v) is 16.2. The number of rotatable bonds is 9. The van der Waals surface area contributed by atoms with Crippen LogP contribution in [0.15, 0.2) is 144 Å². The van der Waals surface area contributed by atoms with Crippen molar-refractivity contribution in [1.82, 2.24) is 9.97 Å². The minimum atomic E-state index is -2.20. The SMILES string of the molecule is CC(C)(c1ccnc(-c2[c-]cc(-c3ccccc3)c3c2oc2cc(-c4ccccc4)ccc23)c1)C1CCCC1.[2H]C([2H])(c1cc(-c2[c-]cccc2)nc[c]1[Ge]([CH3])([CH3])[CH3])C(C)C.[Ir]. The van der Waals surface area contributed by atoms with Crippen molar-refractivity contribution in [3.05, 3.63) is 163 Å². The van der Waals surface area contributed by atoms with E-state index in [1.54, 1.807) is 0 Å². The van der Waals surface area contributed by atoms with Crippen LogP contribution in [0.1, 0.15) is 67.2 Å². The summed E-state index contributed by atoms with van der Waals surface area (Å²) in [4.78, 5) is 9.44. The molecule has 1 radical (unpaired) electrons. The van der Waals surface area contributed by atoms with Crippen LogP contribution in [0.25, 0.3) is 66.7 Å². The topological polar surface area (TPSA) is 38.9 Å². The molecule has 307 valence electrons. The molecule has 1 aliphatic carbocycles. The van der Waals surface area contributed by atoms with Crippen molar-refractivity contribution in [3.63, 3.8) is 0 Å². The van der Waals surface area contributed by atoms with Crippen LogP contribution in [0.4, 0.5) is 0 Å². The van der Waals surface area contributed by atoms with Gasteiger partial charge in [0.25, 0.3) is 0 Å². The van der Waals surface area contributed by atoms with Gasteiger partial charge < -0.3 is 9.40 Å². The molecule has 0 aliphatic heterocycles. The van der Waals surface area contributed by atoms with Gasteiger partial charge in [-0.2, -0.15) is 0 Å². The van der Waals surface area contributed by atoms with Gasteiger partial charge in [-0.3, -0.25) is 0 Å². The van der Waals surface area contributed by atoms with Crippen LogP contribution in [0, 0.1) is 24.0 Å². The van der Waals surface area contributed by atoms with Crippen molar-refractivity contribution < 1.29 is 27.3 Å². The first-order valence-electron chi connectivity index (χ1n) is 22.2. The molecular formula is C55H56GeIrN2O-2. The summed E-state index contributed by atoms with van der Waals surface area (Å²) in [5, 5.41) is 2.23. The molecular weight excluding hydrogens is 969 g/mol. The summed E-state index contributed by atoms with van der Waals surface area (Å²) in [6.45, 7) is 8.67. The Labute approximate surface area is 376 Å². The number of aromatic nitrogens is 2. The van der Waals surface area contributed by atoms with Crippen LogP contribution >= 0.6 is 0 Å². The van der Waals surface area contributed by atoms with Crippen molar-refractivity contribution in [3.8, 4) is 44.8 Å². The molecule has 0 saturated heterocycles. The molecule has 5 heteroatoms. The average Bonchev–Trinajstić information content (AvgIpc) is 3.97. The van der Waals surface area contributed by atoms with E-state index in [2.05, 4.69) is 139 Å². The van der Waals surface area contributed by atoms with Crippen molar-refractivity contribution in [2.24, 2.45) is 11.8 Å². The Morgan fingerprint density at radius 1 is 0.783 bits per heavy atom. The zero-order chi connectivity index (χ0) is 42.9. The first-order chi connectivity index (χ1) is 29.2. The summed E-state index contributed by atoms with van der Waals surface area (Å²) >= 11 is -2.20. The minimum Gasteiger partial charge on any atom is 0 e. The van der Waals surface area contributed by atoms with Crippen LogP contribution in [0.2, 0.25) is 17.3 Å². The molecule has 0 spiro atoms. The minimum absolute atomic E-state index is 0. The Morgan fingerprint density at radius 2 is 1.48 bits per heavy atom. The molecule has 3 aromatic heterocycles. The van der Waals surface area contributed by atoms with Crippen LogP contribution in [0.5, 0.6) is 0 Å². The van der Waals surface area contributed by atoms with Gasteiger partial charge in [0.2, 0.25) is 0 Å². The quantitative estimate of drug-likeness (QED) is 0.107. The molecule has 3 heterocycles. The maximum absolute atomic E-state index is 8.56. The maximum atomic E-state index is 8.56. The number of hydrogen-bond acceptors (Lipinski definition) is 3.